The zero-order valence-electron chi connectivity index (χ0n) is 10.1. The van der Waals surface area contributed by atoms with Crippen LogP contribution in [0.4, 0.5) is 0 Å². The Bertz CT molecular complexity index is 493. The van der Waals surface area contributed by atoms with Crippen molar-refractivity contribution in [1.82, 2.24) is 9.29 Å². The van der Waals surface area contributed by atoms with Crippen LogP contribution < -0.4 is 4.72 Å². The van der Waals surface area contributed by atoms with Gasteiger partial charge in [-0.2, -0.15) is 0 Å². The zero-order chi connectivity index (χ0) is 12.7. The Hall–Kier alpha value is -0.850. The summed E-state index contributed by atoms with van der Waals surface area (Å²) in [6, 6.07) is 1.53. The molecule has 5 nitrogen and oxygen atoms in total. The Morgan fingerprint density at radius 1 is 1.53 bits per heavy atom. The van der Waals surface area contributed by atoms with E-state index < -0.39 is 10.0 Å². The maximum absolute atomic E-state index is 12.1. The number of nitrogens with one attached hydrogen (secondary N) is 1. The first-order valence-electron chi connectivity index (χ1n) is 5.74. The van der Waals surface area contributed by atoms with Crippen molar-refractivity contribution in [2.45, 2.75) is 50.3 Å². The minimum Gasteiger partial charge on any atom is -0.390 e. The van der Waals surface area contributed by atoms with Gasteiger partial charge in [0.2, 0.25) is 10.0 Å². The molecule has 0 aromatic carbocycles. The first kappa shape index (κ1) is 12.6. The summed E-state index contributed by atoms with van der Waals surface area (Å²) in [6.45, 7) is 4.29. The van der Waals surface area contributed by atoms with E-state index in [0.717, 1.165) is 12.8 Å². The molecule has 2 N–H and O–H groups in total. The largest absolute Gasteiger partial charge is 0.390 e. The molecule has 0 atom stereocenters. The molecule has 1 fully saturated rings. The Labute approximate surface area is 102 Å². The van der Waals surface area contributed by atoms with E-state index in [2.05, 4.69) is 4.72 Å². The van der Waals surface area contributed by atoms with Gasteiger partial charge in [-0.25, -0.2) is 13.1 Å². The van der Waals surface area contributed by atoms with Crippen molar-refractivity contribution in [1.29, 1.82) is 0 Å². The maximum Gasteiger partial charge on any atom is 0.242 e. The highest BCUT2D eigenvalue weighted by molar-refractivity contribution is 7.89. The Kier molecular flexibility index (Phi) is 3.05. The number of aliphatic hydroxyl groups is 1. The number of rotatable bonds is 5. The molecule has 96 valence electrons. The van der Waals surface area contributed by atoms with E-state index in [0.29, 0.717) is 12.2 Å². The van der Waals surface area contributed by atoms with Gasteiger partial charge in [-0.15, -0.1) is 0 Å². The second-order valence-electron chi connectivity index (χ2n) is 4.78. The van der Waals surface area contributed by atoms with Crippen molar-refractivity contribution in [2.75, 3.05) is 0 Å². The predicted octanol–water partition coefficient (Wildman–Crippen LogP) is 0.831. The zero-order valence-corrected chi connectivity index (χ0v) is 10.9. The summed E-state index contributed by atoms with van der Waals surface area (Å²) in [6.07, 6.45) is 3.33. The van der Waals surface area contributed by atoms with E-state index in [-0.39, 0.29) is 17.0 Å². The van der Waals surface area contributed by atoms with Crippen LogP contribution in [0.15, 0.2) is 17.2 Å². The molecule has 1 heterocycles. The number of hydrogen-bond acceptors (Lipinski definition) is 3. The summed E-state index contributed by atoms with van der Waals surface area (Å²) in [4.78, 5) is 0.233. The molecule has 0 bridgehead atoms. The van der Waals surface area contributed by atoms with Crippen LogP contribution in [-0.4, -0.2) is 23.6 Å². The van der Waals surface area contributed by atoms with Crippen molar-refractivity contribution >= 4 is 10.0 Å². The minimum absolute atomic E-state index is 0.152. The quantitative estimate of drug-likeness (QED) is 0.822. The van der Waals surface area contributed by atoms with E-state index in [4.69, 9.17) is 5.11 Å². The highest BCUT2D eigenvalue weighted by atomic mass is 32.2. The van der Waals surface area contributed by atoms with Crippen LogP contribution in [0.3, 0.4) is 0 Å². The number of sulfonamides is 1. The van der Waals surface area contributed by atoms with Gasteiger partial charge in [0.25, 0.3) is 0 Å². The average Bonchev–Trinajstić information content (AvgIpc) is 2.83. The molecule has 0 unspecified atom stereocenters. The lowest BCUT2D eigenvalue weighted by molar-refractivity contribution is 0.271. The molecule has 1 saturated carbocycles. The van der Waals surface area contributed by atoms with Crippen molar-refractivity contribution in [2.24, 2.45) is 0 Å². The number of aryl methyl sites for hydroxylation is 1. The van der Waals surface area contributed by atoms with Gasteiger partial charge in [0.05, 0.1) is 11.5 Å². The number of aromatic nitrogens is 1. The van der Waals surface area contributed by atoms with E-state index in [9.17, 15) is 8.42 Å². The van der Waals surface area contributed by atoms with Crippen LogP contribution in [-0.2, 0) is 23.2 Å². The smallest absolute Gasteiger partial charge is 0.242 e. The van der Waals surface area contributed by atoms with Crippen LogP contribution in [0, 0.1) is 0 Å². The van der Waals surface area contributed by atoms with E-state index in [1.54, 1.807) is 10.8 Å². The predicted molar refractivity (Wildman–Crippen MR) is 64.0 cm³/mol. The summed E-state index contributed by atoms with van der Waals surface area (Å²) in [7, 11) is -3.46. The molecule has 1 aromatic heterocycles. The standard InChI is InChI=1S/C11H18N2O3S/c1-3-13-7-10(6-9(13)8-14)17(15,16)12-11(2)4-5-11/h6-7,12,14H,3-5,8H2,1-2H3. The van der Waals surface area contributed by atoms with Crippen molar-refractivity contribution in [3.05, 3.63) is 18.0 Å². The minimum atomic E-state index is -3.46. The molecular weight excluding hydrogens is 240 g/mol. The van der Waals surface area contributed by atoms with Gasteiger partial charge in [0.15, 0.2) is 0 Å². The normalized spacial score (nSPS) is 18.3. The molecule has 0 aliphatic heterocycles. The lowest BCUT2D eigenvalue weighted by Crippen LogP contribution is -2.34. The van der Waals surface area contributed by atoms with Crippen LogP contribution in [0.5, 0.6) is 0 Å². The third-order valence-corrected chi connectivity index (χ3v) is 4.76. The highest BCUT2D eigenvalue weighted by Crippen LogP contribution is 2.36. The Balaban J connectivity index is 2.29. The van der Waals surface area contributed by atoms with E-state index in [1.165, 1.54) is 6.07 Å². The van der Waals surface area contributed by atoms with Gasteiger partial charge in [0, 0.05) is 24.0 Å². The molecule has 1 aliphatic rings. The second kappa shape index (κ2) is 4.12. The number of aliphatic hydroxyl groups excluding tert-OH is 1. The van der Waals surface area contributed by atoms with Gasteiger partial charge in [-0.3, -0.25) is 0 Å². The van der Waals surface area contributed by atoms with E-state index >= 15 is 0 Å². The summed E-state index contributed by atoms with van der Waals surface area (Å²) in [5.74, 6) is 0. The second-order valence-corrected chi connectivity index (χ2v) is 6.46. The van der Waals surface area contributed by atoms with Crippen molar-refractivity contribution in [3.63, 3.8) is 0 Å². The molecule has 0 radical (unpaired) electrons. The van der Waals surface area contributed by atoms with E-state index in [1.807, 2.05) is 13.8 Å². The first-order chi connectivity index (χ1) is 7.90. The molecule has 2 rings (SSSR count). The highest BCUT2D eigenvalue weighted by Gasteiger charge is 2.41. The first-order valence-corrected chi connectivity index (χ1v) is 7.22. The fourth-order valence-electron chi connectivity index (χ4n) is 1.77. The summed E-state index contributed by atoms with van der Waals surface area (Å²) in [5, 5.41) is 9.14. The van der Waals surface area contributed by atoms with Gasteiger partial charge in [-0.05, 0) is 32.8 Å². The molecular formula is C11H18N2O3S. The molecule has 0 spiro atoms. The van der Waals surface area contributed by atoms with Crippen LogP contribution in [0.1, 0.15) is 32.4 Å². The summed E-state index contributed by atoms with van der Waals surface area (Å²) >= 11 is 0. The number of nitrogens with zero attached hydrogens (tertiary/aromatic N) is 1. The Morgan fingerprint density at radius 3 is 2.59 bits per heavy atom. The topological polar surface area (TPSA) is 71.3 Å². The summed E-state index contributed by atoms with van der Waals surface area (Å²) in [5.41, 5.74) is 0.348. The summed E-state index contributed by atoms with van der Waals surface area (Å²) < 4.78 is 28.6. The molecule has 0 saturated heterocycles. The van der Waals surface area contributed by atoms with Crippen molar-refractivity contribution in [3.8, 4) is 0 Å². The molecule has 17 heavy (non-hydrogen) atoms. The lowest BCUT2D eigenvalue weighted by Gasteiger charge is -2.10. The molecule has 6 heteroatoms. The fraction of sp³-hybridized carbons (Fsp3) is 0.636. The van der Waals surface area contributed by atoms with Gasteiger partial charge >= 0.3 is 0 Å². The third-order valence-electron chi connectivity index (χ3n) is 3.15. The monoisotopic (exact) mass is 258 g/mol. The van der Waals surface area contributed by atoms with Crippen LogP contribution in [0.2, 0.25) is 0 Å². The molecule has 0 amide bonds. The molecule has 1 aromatic rings. The lowest BCUT2D eigenvalue weighted by atomic mass is 10.4. The van der Waals surface area contributed by atoms with Gasteiger partial charge in [0.1, 0.15) is 0 Å². The van der Waals surface area contributed by atoms with Crippen LogP contribution in [0.25, 0.3) is 0 Å². The Morgan fingerprint density at radius 2 is 2.18 bits per heavy atom. The van der Waals surface area contributed by atoms with Gasteiger partial charge in [-0.1, -0.05) is 0 Å². The molecule has 1 aliphatic carbocycles. The SMILES string of the molecule is CCn1cc(S(=O)(=O)NC2(C)CC2)cc1CO. The number of hydrogen-bond donors (Lipinski definition) is 2. The van der Waals surface area contributed by atoms with Crippen LogP contribution >= 0.6 is 0 Å². The third kappa shape index (κ3) is 2.53. The van der Waals surface area contributed by atoms with Crippen molar-refractivity contribution < 1.29 is 13.5 Å². The average molecular weight is 258 g/mol. The fourth-order valence-corrected chi connectivity index (χ4v) is 3.30. The maximum atomic E-state index is 12.1. The van der Waals surface area contributed by atoms with Gasteiger partial charge < -0.3 is 9.67 Å².